The topological polar surface area (TPSA) is 6.48 Å². The Hall–Kier alpha value is -0.0800. The van der Waals surface area contributed by atoms with Gasteiger partial charge in [-0.2, -0.15) is 0 Å². The van der Waals surface area contributed by atoms with Gasteiger partial charge in [0.2, 0.25) is 0 Å². The van der Waals surface area contributed by atoms with E-state index in [-0.39, 0.29) is 0 Å². The van der Waals surface area contributed by atoms with Crippen molar-refractivity contribution in [2.75, 3.05) is 6.54 Å². The predicted molar refractivity (Wildman–Crippen MR) is 78.6 cm³/mol. The van der Waals surface area contributed by atoms with Gasteiger partial charge in [-0.3, -0.25) is 9.80 Å². The van der Waals surface area contributed by atoms with Crippen LogP contribution >= 0.6 is 0 Å². The van der Waals surface area contributed by atoms with Crippen LogP contribution < -0.4 is 0 Å². The van der Waals surface area contributed by atoms with Crippen LogP contribution in [0.3, 0.4) is 0 Å². The summed E-state index contributed by atoms with van der Waals surface area (Å²) in [6.45, 7) is 21.9. The van der Waals surface area contributed by atoms with Crippen molar-refractivity contribution in [3.8, 4) is 0 Å². The Morgan fingerprint density at radius 3 is 1.18 bits per heavy atom. The van der Waals surface area contributed by atoms with Crippen molar-refractivity contribution in [2.24, 2.45) is 0 Å². The summed E-state index contributed by atoms with van der Waals surface area (Å²) >= 11 is 0. The fourth-order valence-electron chi connectivity index (χ4n) is 3.03. The van der Waals surface area contributed by atoms with E-state index in [1.54, 1.807) is 0 Å². The van der Waals surface area contributed by atoms with Crippen molar-refractivity contribution in [1.82, 2.24) is 9.80 Å². The van der Waals surface area contributed by atoms with Crippen molar-refractivity contribution in [3.63, 3.8) is 0 Å². The summed E-state index contributed by atoms with van der Waals surface area (Å²) < 4.78 is 0. The first-order chi connectivity index (χ1) is 7.68. The van der Waals surface area contributed by atoms with Gasteiger partial charge in [0.05, 0.1) is 0 Å². The second kappa shape index (κ2) is 7.38. The van der Waals surface area contributed by atoms with Crippen LogP contribution in [0, 0.1) is 0 Å². The van der Waals surface area contributed by atoms with E-state index in [9.17, 15) is 0 Å². The maximum absolute atomic E-state index is 2.61. The summed E-state index contributed by atoms with van der Waals surface area (Å²) in [6, 6.07) is 3.09. The van der Waals surface area contributed by atoms with Gasteiger partial charge in [-0.1, -0.05) is 0 Å². The summed E-state index contributed by atoms with van der Waals surface area (Å²) in [6.07, 6.45) is 0. The molecule has 0 radical (unpaired) electrons. The first-order valence-corrected chi connectivity index (χ1v) is 7.21. The molecule has 0 aliphatic heterocycles. The van der Waals surface area contributed by atoms with Crippen LogP contribution in [0.4, 0.5) is 0 Å². The van der Waals surface area contributed by atoms with Gasteiger partial charge in [-0.25, -0.2) is 0 Å². The molecule has 0 amide bonds. The lowest BCUT2D eigenvalue weighted by molar-refractivity contribution is 0.0664. The summed E-state index contributed by atoms with van der Waals surface area (Å²) in [5.41, 5.74) is 0. The van der Waals surface area contributed by atoms with Crippen LogP contribution in [-0.4, -0.2) is 46.6 Å². The minimum Gasteiger partial charge on any atom is -0.297 e. The molecule has 0 heterocycles. The summed E-state index contributed by atoms with van der Waals surface area (Å²) in [5, 5.41) is 0. The Bertz CT molecular complexity index is 181. The lowest BCUT2D eigenvalue weighted by Crippen LogP contribution is -2.51. The van der Waals surface area contributed by atoms with Crippen LogP contribution in [0.2, 0.25) is 0 Å². The summed E-state index contributed by atoms with van der Waals surface area (Å²) in [5.74, 6) is 0. The second-order valence-corrected chi connectivity index (χ2v) is 6.37. The number of rotatable bonds is 7. The SMILES string of the molecule is CC(C)N(CC(C)N(C(C)C)C(C)C)C(C)C. The molecule has 0 aromatic rings. The van der Waals surface area contributed by atoms with Crippen LogP contribution in [0.25, 0.3) is 0 Å². The number of nitrogens with zero attached hydrogens (tertiary/aromatic N) is 2. The Balaban J connectivity index is 4.62. The molecule has 0 aromatic heterocycles. The molecule has 17 heavy (non-hydrogen) atoms. The van der Waals surface area contributed by atoms with Gasteiger partial charge in [0.1, 0.15) is 0 Å². The number of hydrogen-bond acceptors (Lipinski definition) is 2. The third-order valence-electron chi connectivity index (χ3n) is 3.50. The first kappa shape index (κ1) is 16.9. The van der Waals surface area contributed by atoms with Crippen LogP contribution in [0.5, 0.6) is 0 Å². The zero-order valence-electron chi connectivity index (χ0n) is 13.5. The molecule has 1 atom stereocenters. The zero-order chi connectivity index (χ0) is 13.7. The molecule has 0 bridgehead atoms. The summed E-state index contributed by atoms with van der Waals surface area (Å²) in [4.78, 5) is 5.19. The lowest BCUT2D eigenvalue weighted by Gasteiger charge is -2.41. The molecule has 0 aromatic carbocycles. The minimum absolute atomic E-state index is 0.611. The smallest absolute Gasteiger partial charge is 0.0200 e. The van der Waals surface area contributed by atoms with E-state index in [0.29, 0.717) is 30.2 Å². The largest absolute Gasteiger partial charge is 0.297 e. The van der Waals surface area contributed by atoms with Crippen LogP contribution in [0.15, 0.2) is 0 Å². The lowest BCUT2D eigenvalue weighted by atomic mass is 10.1. The monoisotopic (exact) mass is 242 g/mol. The van der Waals surface area contributed by atoms with Crippen LogP contribution in [-0.2, 0) is 0 Å². The van der Waals surface area contributed by atoms with E-state index in [2.05, 4.69) is 72.1 Å². The maximum Gasteiger partial charge on any atom is 0.0200 e. The molecule has 0 saturated heterocycles. The van der Waals surface area contributed by atoms with E-state index in [4.69, 9.17) is 0 Å². The Kier molecular flexibility index (Phi) is 7.34. The maximum atomic E-state index is 2.61. The second-order valence-electron chi connectivity index (χ2n) is 6.37. The standard InChI is InChI=1S/C15H34N2/c1-11(2)16(12(3)4)10-15(9)17(13(5)6)14(7)8/h11-15H,10H2,1-9H3. The van der Waals surface area contributed by atoms with E-state index < -0.39 is 0 Å². The highest BCUT2D eigenvalue weighted by atomic mass is 15.3. The molecular weight excluding hydrogens is 208 g/mol. The highest BCUT2D eigenvalue weighted by Gasteiger charge is 2.24. The minimum atomic E-state index is 0.611. The number of hydrogen-bond donors (Lipinski definition) is 0. The average Bonchev–Trinajstić information content (AvgIpc) is 2.11. The average molecular weight is 242 g/mol. The molecule has 0 aliphatic carbocycles. The van der Waals surface area contributed by atoms with Gasteiger partial charge in [-0.05, 0) is 62.3 Å². The Morgan fingerprint density at radius 1 is 0.588 bits per heavy atom. The van der Waals surface area contributed by atoms with Crippen molar-refractivity contribution < 1.29 is 0 Å². The molecule has 104 valence electrons. The Morgan fingerprint density at radius 2 is 0.941 bits per heavy atom. The molecular formula is C15H34N2. The van der Waals surface area contributed by atoms with E-state index in [1.807, 2.05) is 0 Å². The van der Waals surface area contributed by atoms with Gasteiger partial charge in [0.15, 0.2) is 0 Å². The molecule has 0 saturated carbocycles. The predicted octanol–water partition coefficient (Wildman–Crippen LogP) is 3.61. The quantitative estimate of drug-likeness (QED) is 0.673. The van der Waals surface area contributed by atoms with E-state index in [1.165, 1.54) is 0 Å². The highest BCUT2D eigenvalue weighted by Crippen LogP contribution is 2.14. The fourth-order valence-corrected chi connectivity index (χ4v) is 3.03. The van der Waals surface area contributed by atoms with Crippen molar-refractivity contribution >= 4 is 0 Å². The van der Waals surface area contributed by atoms with E-state index in [0.717, 1.165) is 6.54 Å². The van der Waals surface area contributed by atoms with Gasteiger partial charge in [0.25, 0.3) is 0 Å². The zero-order valence-corrected chi connectivity index (χ0v) is 13.5. The van der Waals surface area contributed by atoms with Gasteiger partial charge < -0.3 is 0 Å². The van der Waals surface area contributed by atoms with Gasteiger partial charge >= 0.3 is 0 Å². The van der Waals surface area contributed by atoms with Crippen molar-refractivity contribution in [2.45, 2.75) is 92.5 Å². The third-order valence-corrected chi connectivity index (χ3v) is 3.50. The highest BCUT2D eigenvalue weighted by molar-refractivity contribution is 4.80. The molecule has 2 nitrogen and oxygen atoms in total. The summed E-state index contributed by atoms with van der Waals surface area (Å²) in [7, 11) is 0. The van der Waals surface area contributed by atoms with Crippen molar-refractivity contribution in [3.05, 3.63) is 0 Å². The third kappa shape index (κ3) is 5.39. The molecule has 0 rings (SSSR count). The van der Waals surface area contributed by atoms with E-state index >= 15 is 0 Å². The molecule has 0 spiro atoms. The normalized spacial score (nSPS) is 15.0. The molecule has 0 fully saturated rings. The van der Waals surface area contributed by atoms with Gasteiger partial charge in [-0.15, -0.1) is 0 Å². The van der Waals surface area contributed by atoms with Gasteiger partial charge in [0, 0.05) is 36.8 Å². The molecule has 0 aliphatic rings. The molecule has 2 heteroatoms. The molecule has 1 unspecified atom stereocenters. The first-order valence-electron chi connectivity index (χ1n) is 7.21. The Labute approximate surface area is 109 Å². The molecule has 0 N–H and O–H groups in total. The fraction of sp³-hybridized carbons (Fsp3) is 1.00. The van der Waals surface area contributed by atoms with Crippen LogP contribution in [0.1, 0.15) is 62.3 Å². The van der Waals surface area contributed by atoms with Crippen molar-refractivity contribution in [1.29, 1.82) is 0 Å².